The number of rotatable bonds is 6. The van der Waals surface area contributed by atoms with Gasteiger partial charge in [-0.3, -0.25) is 9.78 Å². The Morgan fingerprint density at radius 3 is 2.55 bits per heavy atom. The summed E-state index contributed by atoms with van der Waals surface area (Å²) < 4.78 is 5.45. The third-order valence-corrected chi connectivity index (χ3v) is 4.89. The molecular formula is C22H23N5O2. The summed E-state index contributed by atoms with van der Waals surface area (Å²) in [6.07, 6.45) is 7.64. The second-order valence-electron chi connectivity index (χ2n) is 7.32. The molecular weight excluding hydrogens is 366 g/mol. The second kappa shape index (κ2) is 8.26. The molecule has 1 aromatic carbocycles. The molecule has 0 radical (unpaired) electrons. The minimum absolute atomic E-state index is 0.0797. The van der Waals surface area contributed by atoms with Crippen molar-refractivity contribution in [2.75, 3.05) is 18.0 Å². The molecule has 2 aromatic heterocycles. The smallest absolute Gasteiger partial charge is 0.251 e. The van der Waals surface area contributed by atoms with Gasteiger partial charge in [0, 0.05) is 42.3 Å². The molecule has 4 rings (SSSR count). The average Bonchev–Trinajstić information content (AvgIpc) is 3.45. The summed E-state index contributed by atoms with van der Waals surface area (Å²) in [6.45, 7) is 5.81. The first-order valence-corrected chi connectivity index (χ1v) is 9.66. The predicted molar refractivity (Wildman–Crippen MR) is 110 cm³/mol. The first kappa shape index (κ1) is 18.9. The van der Waals surface area contributed by atoms with Crippen molar-refractivity contribution in [3.05, 3.63) is 72.4 Å². The Kier molecular flexibility index (Phi) is 5.37. The fourth-order valence-corrected chi connectivity index (χ4v) is 3.22. The third kappa shape index (κ3) is 4.18. The van der Waals surface area contributed by atoms with Gasteiger partial charge in [-0.25, -0.2) is 0 Å². The van der Waals surface area contributed by atoms with E-state index in [1.807, 2.05) is 50.2 Å². The molecule has 1 unspecified atom stereocenters. The van der Waals surface area contributed by atoms with E-state index in [4.69, 9.17) is 4.52 Å². The van der Waals surface area contributed by atoms with Gasteiger partial charge in [-0.05, 0) is 42.3 Å². The number of pyridine rings is 1. The number of aromatic nitrogens is 3. The molecule has 0 spiro atoms. The third-order valence-electron chi connectivity index (χ3n) is 4.89. The van der Waals surface area contributed by atoms with Gasteiger partial charge in [0.15, 0.2) is 0 Å². The fourth-order valence-electron chi connectivity index (χ4n) is 3.22. The number of hydrogen-bond acceptors (Lipinski definition) is 6. The van der Waals surface area contributed by atoms with E-state index in [-0.39, 0.29) is 17.9 Å². The van der Waals surface area contributed by atoms with Crippen LogP contribution in [0.4, 0.5) is 5.69 Å². The van der Waals surface area contributed by atoms with Crippen molar-refractivity contribution in [2.24, 2.45) is 5.92 Å². The lowest BCUT2D eigenvalue weighted by molar-refractivity contribution is 0.0914. The molecule has 3 aromatic rings. The highest BCUT2D eigenvalue weighted by atomic mass is 16.5. The summed E-state index contributed by atoms with van der Waals surface area (Å²) in [7, 11) is 0. The van der Waals surface area contributed by atoms with E-state index < -0.39 is 0 Å². The summed E-state index contributed by atoms with van der Waals surface area (Å²) in [5, 5.41) is 7.06. The van der Waals surface area contributed by atoms with Crippen molar-refractivity contribution in [3.8, 4) is 11.4 Å². The molecule has 1 atom stereocenters. The highest BCUT2D eigenvalue weighted by molar-refractivity contribution is 5.94. The number of hydrogen-bond donors (Lipinski definition) is 1. The van der Waals surface area contributed by atoms with E-state index in [0.717, 1.165) is 24.3 Å². The molecule has 0 saturated carbocycles. The van der Waals surface area contributed by atoms with Crippen LogP contribution in [0.25, 0.3) is 11.4 Å². The molecule has 1 aliphatic rings. The zero-order valence-electron chi connectivity index (χ0n) is 16.4. The Balaban J connectivity index is 1.48. The maximum absolute atomic E-state index is 12.8. The maximum atomic E-state index is 12.8. The molecule has 0 saturated heterocycles. The monoisotopic (exact) mass is 389 g/mol. The lowest BCUT2D eigenvalue weighted by Crippen LogP contribution is -2.32. The molecule has 1 N–H and O–H groups in total. The maximum Gasteiger partial charge on any atom is 0.251 e. The molecule has 0 bridgehead atoms. The number of benzene rings is 1. The minimum atomic E-state index is -0.386. The van der Waals surface area contributed by atoms with Crippen LogP contribution in [0.15, 0.2) is 65.5 Å². The van der Waals surface area contributed by atoms with Gasteiger partial charge >= 0.3 is 0 Å². The Morgan fingerprint density at radius 1 is 1.14 bits per heavy atom. The normalized spacial score (nSPS) is 14.4. The standard InChI is InChI=1S/C22H23N5O2/c1-15(2)19(22-25-20(26-29-22)17-6-5-11-23-14-17)24-21(28)16-7-9-18(10-8-16)27-12-3-4-13-27/h3-11,14-15,19H,12-13H2,1-2H3,(H,24,28). The lowest BCUT2D eigenvalue weighted by Gasteiger charge is -2.20. The van der Waals surface area contributed by atoms with Crippen molar-refractivity contribution in [1.82, 2.24) is 20.4 Å². The summed E-state index contributed by atoms with van der Waals surface area (Å²) in [4.78, 5) is 23.6. The van der Waals surface area contributed by atoms with Crippen molar-refractivity contribution < 1.29 is 9.32 Å². The highest BCUT2D eigenvalue weighted by Crippen LogP contribution is 2.24. The first-order chi connectivity index (χ1) is 14.1. The number of anilines is 1. The molecule has 7 nitrogen and oxygen atoms in total. The van der Waals surface area contributed by atoms with Gasteiger partial charge < -0.3 is 14.7 Å². The van der Waals surface area contributed by atoms with E-state index in [1.165, 1.54) is 0 Å². The number of carbonyl (C=O) groups is 1. The van der Waals surface area contributed by atoms with Crippen LogP contribution in [0.5, 0.6) is 0 Å². The number of nitrogens with zero attached hydrogens (tertiary/aromatic N) is 4. The van der Waals surface area contributed by atoms with Crippen molar-refractivity contribution in [1.29, 1.82) is 0 Å². The van der Waals surface area contributed by atoms with Crippen LogP contribution in [-0.2, 0) is 0 Å². The van der Waals surface area contributed by atoms with Crippen LogP contribution in [0.1, 0.15) is 36.1 Å². The zero-order valence-corrected chi connectivity index (χ0v) is 16.4. The summed E-state index contributed by atoms with van der Waals surface area (Å²) >= 11 is 0. The fraction of sp³-hybridized carbons (Fsp3) is 0.273. The van der Waals surface area contributed by atoms with Gasteiger partial charge in [0.05, 0.1) is 0 Å². The van der Waals surface area contributed by atoms with E-state index >= 15 is 0 Å². The molecule has 7 heteroatoms. The van der Waals surface area contributed by atoms with Crippen LogP contribution in [0.3, 0.4) is 0 Å². The quantitative estimate of drug-likeness (QED) is 0.648. The van der Waals surface area contributed by atoms with Crippen molar-refractivity contribution >= 4 is 11.6 Å². The van der Waals surface area contributed by atoms with Crippen LogP contribution >= 0.6 is 0 Å². The Labute approximate surface area is 169 Å². The zero-order chi connectivity index (χ0) is 20.2. The summed E-state index contributed by atoms with van der Waals surface area (Å²) in [6, 6.07) is 10.9. The number of amides is 1. The van der Waals surface area contributed by atoms with E-state index in [1.54, 1.807) is 12.4 Å². The topological polar surface area (TPSA) is 84.2 Å². The van der Waals surface area contributed by atoms with Crippen LogP contribution in [0, 0.1) is 5.92 Å². The van der Waals surface area contributed by atoms with Gasteiger partial charge in [-0.2, -0.15) is 4.98 Å². The highest BCUT2D eigenvalue weighted by Gasteiger charge is 2.25. The van der Waals surface area contributed by atoms with Crippen molar-refractivity contribution in [3.63, 3.8) is 0 Å². The van der Waals surface area contributed by atoms with Crippen LogP contribution in [-0.4, -0.2) is 34.1 Å². The Morgan fingerprint density at radius 2 is 1.90 bits per heavy atom. The van der Waals surface area contributed by atoms with Crippen molar-refractivity contribution in [2.45, 2.75) is 19.9 Å². The van der Waals surface area contributed by atoms with Gasteiger partial charge in [0.25, 0.3) is 5.91 Å². The van der Waals surface area contributed by atoms with E-state index in [2.05, 4.69) is 37.5 Å². The summed E-state index contributed by atoms with van der Waals surface area (Å²) in [5.41, 5.74) is 2.46. The number of carbonyl (C=O) groups excluding carboxylic acids is 1. The predicted octanol–water partition coefficient (Wildman–Crippen LogP) is 3.63. The molecule has 1 aliphatic heterocycles. The van der Waals surface area contributed by atoms with Gasteiger partial charge in [-0.1, -0.05) is 31.2 Å². The largest absolute Gasteiger partial charge is 0.364 e. The molecule has 29 heavy (non-hydrogen) atoms. The minimum Gasteiger partial charge on any atom is -0.364 e. The van der Waals surface area contributed by atoms with Gasteiger partial charge in [0.2, 0.25) is 11.7 Å². The second-order valence-corrected chi connectivity index (χ2v) is 7.32. The lowest BCUT2D eigenvalue weighted by atomic mass is 10.0. The molecule has 0 fully saturated rings. The molecule has 148 valence electrons. The van der Waals surface area contributed by atoms with Crippen LogP contribution < -0.4 is 10.2 Å². The molecule has 0 aliphatic carbocycles. The molecule has 1 amide bonds. The SMILES string of the molecule is CC(C)C(NC(=O)c1ccc(N2CC=CC2)cc1)c1nc(-c2cccnc2)no1. The summed E-state index contributed by atoms with van der Waals surface area (Å²) in [5.74, 6) is 0.746. The van der Waals surface area contributed by atoms with E-state index in [9.17, 15) is 4.79 Å². The van der Waals surface area contributed by atoms with Crippen LogP contribution in [0.2, 0.25) is 0 Å². The van der Waals surface area contributed by atoms with E-state index in [0.29, 0.717) is 17.3 Å². The number of nitrogens with one attached hydrogen (secondary N) is 1. The molecule has 3 heterocycles. The Hall–Kier alpha value is -3.48. The van der Waals surface area contributed by atoms with Gasteiger partial charge in [0.1, 0.15) is 6.04 Å². The average molecular weight is 389 g/mol. The Bertz CT molecular complexity index is 988. The van der Waals surface area contributed by atoms with Gasteiger partial charge in [-0.15, -0.1) is 0 Å². The first-order valence-electron chi connectivity index (χ1n) is 9.66.